The first-order chi connectivity index (χ1) is 7.77. The highest BCUT2D eigenvalue weighted by Gasteiger charge is 2.12. The Hall–Kier alpha value is -0.450. The van der Waals surface area contributed by atoms with Crippen LogP contribution >= 0.6 is 15.9 Å². The molecular weight excluding hydrogens is 271 g/mol. The fourth-order valence-corrected chi connectivity index (χ4v) is 2.36. The third-order valence-corrected chi connectivity index (χ3v) is 3.75. The van der Waals surface area contributed by atoms with Gasteiger partial charge in [-0.3, -0.25) is 4.90 Å². The van der Waals surface area contributed by atoms with Gasteiger partial charge in [-0.25, -0.2) is 4.39 Å². The van der Waals surface area contributed by atoms with Crippen LogP contribution in [0.25, 0.3) is 0 Å². The number of nitrogens with zero attached hydrogens (tertiary/aromatic N) is 1. The van der Waals surface area contributed by atoms with E-state index in [1.165, 1.54) is 6.07 Å². The monoisotopic (exact) mass is 286 g/mol. The molecule has 1 aromatic carbocycles. The summed E-state index contributed by atoms with van der Waals surface area (Å²) in [5.74, 6) is -0.176. The number of rotatable bonds is 2. The lowest BCUT2D eigenvalue weighted by molar-refractivity contribution is 0.283. The lowest BCUT2D eigenvalue weighted by atomic mass is 10.2. The number of benzene rings is 1. The number of nitrogens with one attached hydrogen (secondary N) is 1. The van der Waals surface area contributed by atoms with Gasteiger partial charge in [0.2, 0.25) is 0 Å². The summed E-state index contributed by atoms with van der Waals surface area (Å²) in [6.45, 7) is 5.03. The Morgan fingerprint density at radius 1 is 1.31 bits per heavy atom. The maximum Gasteiger partial charge on any atom is 0.137 e. The lowest BCUT2D eigenvalue weighted by Gasteiger charge is -2.20. The molecule has 1 aromatic rings. The summed E-state index contributed by atoms with van der Waals surface area (Å²) < 4.78 is 13.9. The van der Waals surface area contributed by atoms with Gasteiger partial charge in [-0.1, -0.05) is 12.1 Å². The largest absolute Gasteiger partial charge is 0.315 e. The van der Waals surface area contributed by atoms with E-state index in [9.17, 15) is 4.39 Å². The summed E-state index contributed by atoms with van der Waals surface area (Å²) in [6.07, 6.45) is 1.16. The molecule has 0 unspecified atom stereocenters. The molecule has 1 aliphatic heterocycles. The van der Waals surface area contributed by atoms with Crippen LogP contribution in [0.5, 0.6) is 0 Å². The molecule has 1 heterocycles. The van der Waals surface area contributed by atoms with E-state index in [-0.39, 0.29) is 5.82 Å². The first kappa shape index (κ1) is 12.0. The van der Waals surface area contributed by atoms with E-state index in [2.05, 4.69) is 26.1 Å². The summed E-state index contributed by atoms with van der Waals surface area (Å²) in [4.78, 5) is 2.36. The molecule has 2 rings (SSSR count). The summed E-state index contributed by atoms with van der Waals surface area (Å²) in [6, 6.07) is 5.23. The topological polar surface area (TPSA) is 15.3 Å². The Balaban J connectivity index is 2.04. The van der Waals surface area contributed by atoms with E-state index in [1.807, 2.05) is 6.07 Å². The summed E-state index contributed by atoms with van der Waals surface area (Å²) >= 11 is 3.31. The third kappa shape index (κ3) is 3.03. The molecule has 0 aliphatic carbocycles. The molecule has 0 radical (unpaired) electrons. The molecule has 16 heavy (non-hydrogen) atoms. The zero-order chi connectivity index (χ0) is 11.4. The highest BCUT2D eigenvalue weighted by Crippen LogP contribution is 2.21. The second-order valence-corrected chi connectivity index (χ2v) is 4.89. The first-order valence-electron chi connectivity index (χ1n) is 5.63. The minimum absolute atomic E-state index is 0.176. The number of hydrogen-bond donors (Lipinski definition) is 1. The maximum atomic E-state index is 13.3. The normalized spacial score (nSPS) is 18.4. The van der Waals surface area contributed by atoms with Gasteiger partial charge >= 0.3 is 0 Å². The van der Waals surface area contributed by atoms with Crippen molar-refractivity contribution in [2.24, 2.45) is 0 Å². The highest BCUT2D eigenvalue weighted by atomic mass is 79.9. The molecule has 0 spiro atoms. The van der Waals surface area contributed by atoms with Crippen LogP contribution in [0.3, 0.4) is 0 Å². The standard InChI is InChI=1S/C12H16BrFN2/c13-12-10(3-1-4-11(12)14)9-16-7-2-5-15-6-8-16/h1,3-4,15H,2,5-9H2. The summed E-state index contributed by atoms with van der Waals surface area (Å²) in [5.41, 5.74) is 1.03. The van der Waals surface area contributed by atoms with Crippen molar-refractivity contribution < 1.29 is 4.39 Å². The highest BCUT2D eigenvalue weighted by molar-refractivity contribution is 9.10. The molecule has 0 aromatic heterocycles. The molecule has 1 fully saturated rings. The lowest BCUT2D eigenvalue weighted by Crippen LogP contribution is -2.27. The minimum atomic E-state index is -0.176. The quantitative estimate of drug-likeness (QED) is 0.898. The zero-order valence-corrected chi connectivity index (χ0v) is 10.8. The molecule has 0 saturated carbocycles. The van der Waals surface area contributed by atoms with E-state index < -0.39 is 0 Å². The Bertz CT molecular complexity index is 349. The SMILES string of the molecule is Fc1cccc(CN2CCCNCC2)c1Br. The number of hydrogen-bond acceptors (Lipinski definition) is 2. The van der Waals surface area contributed by atoms with E-state index >= 15 is 0 Å². The van der Waals surface area contributed by atoms with E-state index in [1.54, 1.807) is 6.07 Å². The Morgan fingerprint density at radius 3 is 3.06 bits per heavy atom. The Kier molecular flexibility index (Phi) is 4.32. The Morgan fingerprint density at radius 2 is 2.19 bits per heavy atom. The van der Waals surface area contributed by atoms with Gasteiger partial charge in [0.05, 0.1) is 4.47 Å². The van der Waals surface area contributed by atoms with Crippen LogP contribution in [-0.2, 0) is 6.54 Å². The van der Waals surface area contributed by atoms with Gasteiger partial charge in [-0.15, -0.1) is 0 Å². The first-order valence-corrected chi connectivity index (χ1v) is 6.42. The van der Waals surface area contributed by atoms with E-state index in [0.717, 1.165) is 44.7 Å². The molecule has 0 bridgehead atoms. The fourth-order valence-electron chi connectivity index (χ4n) is 1.97. The maximum absolute atomic E-state index is 13.3. The van der Waals surface area contributed by atoms with Crippen molar-refractivity contribution in [1.82, 2.24) is 10.2 Å². The van der Waals surface area contributed by atoms with Crippen LogP contribution in [0.1, 0.15) is 12.0 Å². The second kappa shape index (κ2) is 5.75. The van der Waals surface area contributed by atoms with Crippen molar-refractivity contribution in [2.45, 2.75) is 13.0 Å². The fraction of sp³-hybridized carbons (Fsp3) is 0.500. The molecule has 4 heteroatoms. The average molecular weight is 287 g/mol. The van der Waals surface area contributed by atoms with Crippen molar-refractivity contribution in [3.63, 3.8) is 0 Å². The van der Waals surface area contributed by atoms with Crippen LogP contribution in [0.15, 0.2) is 22.7 Å². The molecule has 1 aliphatic rings. The third-order valence-electron chi connectivity index (χ3n) is 2.86. The molecule has 2 nitrogen and oxygen atoms in total. The van der Waals surface area contributed by atoms with Crippen molar-refractivity contribution in [3.05, 3.63) is 34.1 Å². The minimum Gasteiger partial charge on any atom is -0.315 e. The van der Waals surface area contributed by atoms with Gasteiger partial charge in [-0.05, 0) is 47.1 Å². The van der Waals surface area contributed by atoms with E-state index in [0.29, 0.717) is 4.47 Å². The summed E-state index contributed by atoms with van der Waals surface area (Å²) in [5, 5.41) is 3.36. The van der Waals surface area contributed by atoms with Gasteiger partial charge in [0.25, 0.3) is 0 Å². The Labute approximate surface area is 104 Å². The van der Waals surface area contributed by atoms with Gasteiger partial charge in [0.1, 0.15) is 5.82 Å². The van der Waals surface area contributed by atoms with Crippen LogP contribution < -0.4 is 5.32 Å². The average Bonchev–Trinajstić information content (AvgIpc) is 2.53. The van der Waals surface area contributed by atoms with Gasteiger partial charge in [0.15, 0.2) is 0 Å². The van der Waals surface area contributed by atoms with Crippen LogP contribution in [0.2, 0.25) is 0 Å². The predicted molar refractivity (Wildman–Crippen MR) is 66.9 cm³/mol. The molecule has 88 valence electrons. The van der Waals surface area contributed by atoms with Crippen molar-refractivity contribution in [1.29, 1.82) is 0 Å². The molecule has 0 atom stereocenters. The van der Waals surface area contributed by atoms with E-state index in [4.69, 9.17) is 0 Å². The predicted octanol–water partition coefficient (Wildman–Crippen LogP) is 2.38. The van der Waals surface area contributed by atoms with Crippen LogP contribution in [0.4, 0.5) is 4.39 Å². The molecule has 0 amide bonds. The van der Waals surface area contributed by atoms with Gasteiger partial charge < -0.3 is 5.32 Å². The van der Waals surface area contributed by atoms with Crippen LogP contribution in [0, 0.1) is 5.82 Å². The molecule has 1 saturated heterocycles. The van der Waals surface area contributed by atoms with Crippen molar-refractivity contribution in [3.8, 4) is 0 Å². The number of halogens is 2. The second-order valence-electron chi connectivity index (χ2n) is 4.09. The van der Waals surface area contributed by atoms with Gasteiger partial charge in [-0.2, -0.15) is 0 Å². The smallest absolute Gasteiger partial charge is 0.137 e. The molecule has 1 N–H and O–H groups in total. The van der Waals surface area contributed by atoms with Crippen LogP contribution in [-0.4, -0.2) is 31.1 Å². The molecular formula is C12H16BrFN2. The van der Waals surface area contributed by atoms with Crippen molar-refractivity contribution >= 4 is 15.9 Å². The van der Waals surface area contributed by atoms with Crippen molar-refractivity contribution in [2.75, 3.05) is 26.2 Å². The summed E-state index contributed by atoms with van der Waals surface area (Å²) in [7, 11) is 0. The van der Waals surface area contributed by atoms with Gasteiger partial charge in [0, 0.05) is 19.6 Å². The zero-order valence-electron chi connectivity index (χ0n) is 9.18.